The first-order valence-corrected chi connectivity index (χ1v) is 5.77. The van der Waals surface area contributed by atoms with Gasteiger partial charge in [-0.3, -0.25) is 0 Å². The molecule has 0 heterocycles. The molecule has 0 aliphatic rings. The van der Waals surface area contributed by atoms with Crippen LogP contribution in [0.15, 0.2) is 0 Å². The standard InChI is InChI=1S/C5H15NO2PS/c1-6(2,3)4-5-8-10-9-7/h4-5,9H2,1-3H3/q+1. The van der Waals surface area contributed by atoms with Gasteiger partial charge in [-0.15, -0.1) is 0 Å². The molecule has 0 bridgehead atoms. The second-order valence-electron chi connectivity index (χ2n) is 3.03. The molecule has 0 aliphatic carbocycles. The van der Waals surface area contributed by atoms with Crippen molar-refractivity contribution in [3.8, 4) is 0 Å². The average molecular weight is 184 g/mol. The number of rotatable bonds is 5. The highest BCUT2D eigenvalue weighted by molar-refractivity contribution is 8.43. The summed E-state index contributed by atoms with van der Waals surface area (Å²) in [5.41, 5.74) is 0. The molecule has 0 rings (SSSR count). The van der Waals surface area contributed by atoms with Crippen molar-refractivity contribution in [1.29, 1.82) is 0 Å². The molecule has 5 heteroatoms. The Labute approximate surface area is 67.5 Å². The van der Waals surface area contributed by atoms with Gasteiger partial charge in [-0.05, 0) is 0 Å². The molecule has 62 valence electrons. The topological polar surface area (TPSA) is 26.3 Å². The number of likely N-dealkylation sites (N-methyl/N-ethyl adjacent to an activating group) is 1. The van der Waals surface area contributed by atoms with Crippen LogP contribution in [-0.2, 0) is 8.75 Å². The molecular weight excluding hydrogens is 169 g/mol. The molecule has 1 atom stereocenters. The lowest BCUT2D eigenvalue weighted by atomic mass is 10.5. The number of quaternary nitrogens is 1. The van der Waals surface area contributed by atoms with Gasteiger partial charge in [-0.25, -0.2) is 0 Å². The summed E-state index contributed by atoms with van der Waals surface area (Å²) in [5.74, 6) is 0. The lowest BCUT2D eigenvalue weighted by Crippen LogP contribution is -2.37. The highest BCUT2D eigenvalue weighted by Crippen LogP contribution is 2.17. The minimum atomic E-state index is -0.812. The maximum Gasteiger partial charge on any atom is 0.142 e. The lowest BCUT2D eigenvalue weighted by Gasteiger charge is -2.22. The van der Waals surface area contributed by atoms with E-state index >= 15 is 0 Å². The molecule has 0 saturated heterocycles. The summed E-state index contributed by atoms with van der Waals surface area (Å²) in [5, 5.41) is 0. The van der Waals surface area contributed by atoms with Crippen LogP contribution < -0.4 is 0 Å². The Hall–Kier alpha value is 0.500. The quantitative estimate of drug-likeness (QED) is 0.276. The van der Waals surface area contributed by atoms with Crippen LogP contribution in [0.25, 0.3) is 0 Å². The zero-order valence-corrected chi connectivity index (χ0v) is 8.63. The number of hydrogen-bond acceptors (Lipinski definition) is 3. The molecule has 0 aromatic rings. The Kier molecular flexibility index (Phi) is 5.45. The van der Waals surface area contributed by atoms with Gasteiger partial charge in [-0.2, -0.15) is 0 Å². The Morgan fingerprint density at radius 3 is 2.50 bits per heavy atom. The van der Waals surface area contributed by atoms with Crippen molar-refractivity contribution in [2.24, 2.45) is 0 Å². The van der Waals surface area contributed by atoms with Crippen molar-refractivity contribution < 1.29 is 13.2 Å². The molecule has 0 aliphatic heterocycles. The molecule has 1 unspecified atom stereocenters. The molecule has 0 saturated carbocycles. The van der Waals surface area contributed by atoms with Crippen LogP contribution in [-0.4, -0.2) is 38.8 Å². The van der Waals surface area contributed by atoms with Gasteiger partial charge in [0.1, 0.15) is 20.8 Å². The molecule has 0 aromatic heterocycles. The van der Waals surface area contributed by atoms with E-state index in [9.17, 15) is 4.57 Å². The fourth-order valence-electron chi connectivity index (χ4n) is 0.387. The van der Waals surface area contributed by atoms with Crippen LogP contribution in [0.3, 0.4) is 0 Å². The van der Waals surface area contributed by atoms with Crippen molar-refractivity contribution in [2.45, 2.75) is 0 Å². The summed E-state index contributed by atoms with van der Waals surface area (Å²) in [6.07, 6.45) is 0. The number of nitrogens with zero attached hydrogens (tertiary/aromatic N) is 1. The van der Waals surface area contributed by atoms with Crippen LogP contribution in [0, 0.1) is 0 Å². The molecule has 0 N–H and O–H groups in total. The third kappa shape index (κ3) is 8.50. The first-order valence-electron chi connectivity index (χ1n) is 3.08. The molecule has 0 spiro atoms. The maximum atomic E-state index is 9.97. The van der Waals surface area contributed by atoms with Gasteiger partial charge < -0.3 is 13.2 Å². The minimum Gasteiger partial charge on any atom is -0.329 e. The van der Waals surface area contributed by atoms with E-state index < -0.39 is 7.66 Å². The summed E-state index contributed by atoms with van der Waals surface area (Å²) >= 11 is 1.07. The van der Waals surface area contributed by atoms with E-state index in [1.807, 2.05) is 0 Å². The van der Waals surface area contributed by atoms with Gasteiger partial charge >= 0.3 is 0 Å². The monoisotopic (exact) mass is 184 g/mol. The SMILES string of the molecule is C[N+](C)(C)CCOS[PH2]=O. The van der Waals surface area contributed by atoms with Crippen molar-refractivity contribution >= 4 is 19.3 Å². The Balaban J connectivity index is 3.12. The Morgan fingerprint density at radius 1 is 1.50 bits per heavy atom. The first-order chi connectivity index (χ1) is 4.56. The van der Waals surface area contributed by atoms with Crippen molar-refractivity contribution in [3.05, 3.63) is 0 Å². The van der Waals surface area contributed by atoms with E-state index in [2.05, 4.69) is 21.1 Å². The maximum absolute atomic E-state index is 9.97. The van der Waals surface area contributed by atoms with E-state index in [4.69, 9.17) is 4.18 Å². The van der Waals surface area contributed by atoms with Crippen molar-refractivity contribution in [2.75, 3.05) is 34.3 Å². The van der Waals surface area contributed by atoms with Gasteiger partial charge in [0.25, 0.3) is 0 Å². The van der Waals surface area contributed by atoms with E-state index in [1.165, 1.54) is 0 Å². The Morgan fingerprint density at radius 2 is 2.10 bits per heavy atom. The zero-order chi connectivity index (χ0) is 8.04. The molecule has 0 fully saturated rings. The van der Waals surface area contributed by atoms with Gasteiger partial charge in [0.15, 0.2) is 0 Å². The van der Waals surface area contributed by atoms with Gasteiger partial charge in [0.2, 0.25) is 0 Å². The van der Waals surface area contributed by atoms with E-state index in [0.717, 1.165) is 22.7 Å². The van der Waals surface area contributed by atoms with E-state index in [0.29, 0.717) is 6.61 Å². The van der Waals surface area contributed by atoms with Gasteiger partial charge in [0, 0.05) is 0 Å². The third-order valence-electron chi connectivity index (χ3n) is 0.953. The number of hydrogen-bond donors (Lipinski definition) is 0. The van der Waals surface area contributed by atoms with Crippen LogP contribution in [0.4, 0.5) is 0 Å². The fraction of sp³-hybridized carbons (Fsp3) is 1.00. The summed E-state index contributed by atoms with van der Waals surface area (Å²) in [7, 11) is 5.47. The second-order valence-corrected chi connectivity index (χ2v) is 4.80. The average Bonchev–Trinajstić information content (AvgIpc) is 1.78. The molecule has 0 aromatic carbocycles. The van der Waals surface area contributed by atoms with Crippen LogP contribution in [0.1, 0.15) is 0 Å². The molecular formula is C5H15NO2PS+. The van der Waals surface area contributed by atoms with Crippen molar-refractivity contribution in [3.63, 3.8) is 0 Å². The van der Waals surface area contributed by atoms with Crippen molar-refractivity contribution in [1.82, 2.24) is 0 Å². The van der Waals surface area contributed by atoms with Gasteiger partial charge in [-0.1, -0.05) is 0 Å². The molecule has 0 radical (unpaired) electrons. The molecule has 0 amide bonds. The Bertz CT molecular complexity index is 104. The third-order valence-corrected chi connectivity index (χ3v) is 1.98. The predicted molar refractivity (Wildman–Crippen MR) is 46.8 cm³/mol. The van der Waals surface area contributed by atoms with Crippen LogP contribution >= 0.6 is 19.3 Å². The summed E-state index contributed by atoms with van der Waals surface area (Å²) in [6, 6.07) is 0. The van der Waals surface area contributed by atoms with Crippen LogP contribution in [0.2, 0.25) is 0 Å². The highest BCUT2D eigenvalue weighted by Gasteiger charge is 2.05. The predicted octanol–water partition coefficient (Wildman–Crippen LogP) is 1.03. The molecule has 3 nitrogen and oxygen atoms in total. The minimum absolute atomic E-state index is 0.670. The zero-order valence-electron chi connectivity index (χ0n) is 6.66. The second kappa shape index (κ2) is 5.19. The van der Waals surface area contributed by atoms with E-state index in [-0.39, 0.29) is 0 Å². The fourth-order valence-corrected chi connectivity index (χ4v) is 1.07. The summed E-state index contributed by atoms with van der Waals surface area (Å²) in [4.78, 5) is 0. The lowest BCUT2D eigenvalue weighted by molar-refractivity contribution is -0.870. The smallest absolute Gasteiger partial charge is 0.142 e. The van der Waals surface area contributed by atoms with E-state index in [1.54, 1.807) is 0 Å². The van der Waals surface area contributed by atoms with Gasteiger partial charge in [0.05, 0.1) is 32.8 Å². The molecule has 10 heavy (non-hydrogen) atoms. The van der Waals surface area contributed by atoms with Crippen LogP contribution in [0.5, 0.6) is 0 Å². The summed E-state index contributed by atoms with van der Waals surface area (Å²) < 4.78 is 15.8. The largest absolute Gasteiger partial charge is 0.329 e. The highest BCUT2D eigenvalue weighted by atomic mass is 32.7. The first kappa shape index (κ1) is 10.5. The normalized spacial score (nSPS) is 13.1. The summed E-state index contributed by atoms with van der Waals surface area (Å²) in [6.45, 7) is 1.62.